The van der Waals surface area contributed by atoms with Crippen LogP contribution in [0.3, 0.4) is 0 Å². The second-order valence-corrected chi connectivity index (χ2v) is 8.11. The van der Waals surface area contributed by atoms with E-state index in [2.05, 4.69) is 67.1 Å². The molecule has 0 aliphatic heterocycles. The summed E-state index contributed by atoms with van der Waals surface area (Å²) in [5.41, 5.74) is 4.46. The molecule has 0 spiro atoms. The predicted molar refractivity (Wildman–Crippen MR) is 120 cm³/mol. The van der Waals surface area contributed by atoms with Crippen molar-refractivity contribution in [1.29, 1.82) is 0 Å². The first-order valence-corrected chi connectivity index (χ1v) is 10.7. The molecule has 0 amide bonds. The van der Waals surface area contributed by atoms with Gasteiger partial charge in [-0.1, -0.05) is 42.5 Å². The van der Waals surface area contributed by atoms with Gasteiger partial charge in [0.05, 0.1) is 18.8 Å². The summed E-state index contributed by atoms with van der Waals surface area (Å²) in [5, 5.41) is 18.5. The Morgan fingerprint density at radius 2 is 1.66 bits per heavy atom. The monoisotopic (exact) mass is 433 g/mol. The predicted octanol–water partition coefficient (Wildman–Crippen LogP) is 3.67. The first-order valence-electron chi connectivity index (χ1n) is 10.7. The van der Waals surface area contributed by atoms with Gasteiger partial charge in [0.1, 0.15) is 0 Å². The quantitative estimate of drug-likeness (QED) is 0.429. The number of rotatable bonds is 9. The number of benzene rings is 2. The van der Waals surface area contributed by atoms with E-state index in [4.69, 9.17) is 9.47 Å². The number of nitrogens with zero attached hydrogens (tertiary/aromatic N) is 6. The number of hydrogen-bond acceptors (Lipinski definition) is 7. The van der Waals surface area contributed by atoms with Gasteiger partial charge in [0, 0.05) is 5.56 Å². The van der Waals surface area contributed by atoms with E-state index < -0.39 is 0 Å². The van der Waals surface area contributed by atoms with Crippen LogP contribution in [0.15, 0.2) is 48.5 Å². The van der Waals surface area contributed by atoms with E-state index in [9.17, 15) is 0 Å². The van der Waals surface area contributed by atoms with Crippen molar-refractivity contribution in [2.45, 2.75) is 52.9 Å². The van der Waals surface area contributed by atoms with Crippen LogP contribution in [0.25, 0.3) is 11.4 Å². The van der Waals surface area contributed by atoms with Crippen molar-refractivity contribution in [3.8, 4) is 23.4 Å². The van der Waals surface area contributed by atoms with E-state index in [0.29, 0.717) is 24.4 Å². The molecule has 9 heteroatoms. The Morgan fingerprint density at radius 3 is 2.34 bits per heavy atom. The normalized spacial score (nSPS) is 11.3. The molecule has 0 bridgehead atoms. The zero-order valence-corrected chi connectivity index (χ0v) is 18.7. The van der Waals surface area contributed by atoms with Crippen molar-refractivity contribution in [3.63, 3.8) is 0 Å². The summed E-state index contributed by atoms with van der Waals surface area (Å²) in [6.45, 7) is 8.36. The Morgan fingerprint density at radius 1 is 0.906 bits per heavy atom. The number of ether oxygens (including phenoxy) is 2. The van der Waals surface area contributed by atoms with Crippen LogP contribution in [-0.4, -0.2) is 47.6 Å². The maximum Gasteiger partial charge on any atom is 0.339 e. The summed E-state index contributed by atoms with van der Waals surface area (Å²) in [6, 6.07) is 17.4. The molecule has 166 valence electrons. The summed E-state index contributed by atoms with van der Waals surface area (Å²) in [4.78, 5) is 4.38. The summed E-state index contributed by atoms with van der Waals surface area (Å²) in [5.74, 6) is 0.662. The second-order valence-electron chi connectivity index (χ2n) is 8.11. The number of nitrogens with one attached hydrogen (secondary N) is 1. The standard InChI is InChI=1S/C23H27N7O2/c1-15(2)31-22-24-23(32-16(3)4)30(27-22)14-18-10-8-17(9-11-18)12-19-6-5-7-20(13-19)21-25-28-29-26-21/h5-11,13,15-16H,12,14H2,1-4H3,(H,25,26,28,29). The Kier molecular flexibility index (Phi) is 6.44. The fourth-order valence-corrected chi connectivity index (χ4v) is 3.25. The van der Waals surface area contributed by atoms with Gasteiger partial charge in [0.25, 0.3) is 0 Å². The van der Waals surface area contributed by atoms with Crippen LogP contribution in [-0.2, 0) is 13.0 Å². The third-order valence-electron chi connectivity index (χ3n) is 4.61. The molecule has 0 aliphatic carbocycles. The maximum atomic E-state index is 5.82. The van der Waals surface area contributed by atoms with Crippen molar-refractivity contribution in [3.05, 3.63) is 65.2 Å². The van der Waals surface area contributed by atoms with E-state index in [-0.39, 0.29) is 12.2 Å². The highest BCUT2D eigenvalue weighted by Crippen LogP contribution is 2.20. The van der Waals surface area contributed by atoms with Crippen molar-refractivity contribution >= 4 is 0 Å². The van der Waals surface area contributed by atoms with Gasteiger partial charge < -0.3 is 9.47 Å². The molecule has 2 aromatic heterocycles. The molecular weight excluding hydrogens is 406 g/mol. The molecular formula is C23H27N7O2. The molecule has 1 N–H and O–H groups in total. The SMILES string of the molecule is CC(C)Oc1nc(OC(C)C)n(Cc2ccc(Cc3cccc(-c4nnn[nH]4)c3)cc2)n1. The number of aromatic amines is 1. The highest BCUT2D eigenvalue weighted by atomic mass is 16.5. The molecule has 0 radical (unpaired) electrons. The number of tetrazole rings is 1. The lowest BCUT2D eigenvalue weighted by atomic mass is 10.0. The molecule has 0 unspecified atom stereocenters. The molecule has 0 atom stereocenters. The van der Waals surface area contributed by atoms with Gasteiger partial charge >= 0.3 is 12.0 Å². The Balaban J connectivity index is 1.46. The van der Waals surface area contributed by atoms with Gasteiger partial charge in [0.2, 0.25) is 0 Å². The van der Waals surface area contributed by atoms with Crippen LogP contribution >= 0.6 is 0 Å². The van der Waals surface area contributed by atoms with Gasteiger partial charge in [-0.15, -0.1) is 15.2 Å². The third-order valence-corrected chi connectivity index (χ3v) is 4.61. The Hall–Kier alpha value is -3.75. The van der Waals surface area contributed by atoms with Crippen molar-refractivity contribution in [2.24, 2.45) is 0 Å². The van der Waals surface area contributed by atoms with Gasteiger partial charge in [0.15, 0.2) is 5.82 Å². The molecule has 2 heterocycles. The minimum absolute atomic E-state index is 0.00385. The lowest BCUT2D eigenvalue weighted by molar-refractivity contribution is 0.207. The third kappa shape index (κ3) is 5.48. The molecule has 0 saturated heterocycles. The fraction of sp³-hybridized carbons (Fsp3) is 0.348. The molecule has 32 heavy (non-hydrogen) atoms. The highest BCUT2D eigenvalue weighted by Gasteiger charge is 2.15. The summed E-state index contributed by atoms with van der Waals surface area (Å²) in [6.07, 6.45) is 0.805. The van der Waals surface area contributed by atoms with Crippen LogP contribution in [0.1, 0.15) is 44.4 Å². The number of aromatic nitrogens is 7. The van der Waals surface area contributed by atoms with Crippen LogP contribution < -0.4 is 9.47 Å². The van der Waals surface area contributed by atoms with Crippen molar-refractivity contribution < 1.29 is 9.47 Å². The minimum atomic E-state index is -0.00395. The van der Waals surface area contributed by atoms with Gasteiger partial charge in [-0.05, 0) is 67.3 Å². The molecule has 0 fully saturated rings. The summed E-state index contributed by atoms with van der Waals surface area (Å²) < 4.78 is 13.2. The fourth-order valence-electron chi connectivity index (χ4n) is 3.25. The molecule has 2 aromatic carbocycles. The Bertz CT molecular complexity index is 1140. The summed E-state index contributed by atoms with van der Waals surface area (Å²) in [7, 11) is 0. The molecule has 4 aromatic rings. The molecule has 4 rings (SSSR count). The van der Waals surface area contributed by atoms with Gasteiger partial charge in [-0.2, -0.15) is 0 Å². The first kappa shape index (κ1) is 21.5. The molecule has 0 aliphatic rings. The zero-order chi connectivity index (χ0) is 22.5. The topological polar surface area (TPSA) is 104 Å². The van der Waals surface area contributed by atoms with Crippen molar-refractivity contribution in [1.82, 2.24) is 35.4 Å². The van der Waals surface area contributed by atoms with Crippen molar-refractivity contribution in [2.75, 3.05) is 0 Å². The molecule has 9 nitrogen and oxygen atoms in total. The molecule has 0 saturated carbocycles. The van der Waals surface area contributed by atoms with E-state index in [1.807, 2.05) is 39.8 Å². The van der Waals surface area contributed by atoms with Crippen LogP contribution in [0, 0.1) is 0 Å². The average Bonchev–Trinajstić information content (AvgIpc) is 3.40. The Labute approximate surface area is 186 Å². The van der Waals surface area contributed by atoms with Crippen LogP contribution in [0.2, 0.25) is 0 Å². The number of H-pyrrole nitrogens is 1. The minimum Gasteiger partial charge on any atom is -0.461 e. The average molecular weight is 434 g/mol. The van der Waals surface area contributed by atoms with E-state index in [1.54, 1.807) is 4.68 Å². The zero-order valence-electron chi connectivity index (χ0n) is 18.7. The van der Waals surface area contributed by atoms with Gasteiger partial charge in [-0.25, -0.2) is 9.78 Å². The maximum absolute atomic E-state index is 5.82. The largest absolute Gasteiger partial charge is 0.461 e. The lowest BCUT2D eigenvalue weighted by Crippen LogP contribution is -2.12. The van der Waals surface area contributed by atoms with Gasteiger partial charge in [-0.3, -0.25) is 0 Å². The lowest BCUT2D eigenvalue weighted by Gasteiger charge is -2.10. The number of hydrogen-bond donors (Lipinski definition) is 1. The van der Waals surface area contributed by atoms with E-state index in [1.165, 1.54) is 11.1 Å². The summed E-state index contributed by atoms with van der Waals surface area (Å²) >= 11 is 0. The smallest absolute Gasteiger partial charge is 0.339 e. The van der Waals surface area contributed by atoms with Crippen LogP contribution in [0.4, 0.5) is 0 Å². The highest BCUT2D eigenvalue weighted by molar-refractivity contribution is 5.55. The van der Waals surface area contributed by atoms with E-state index in [0.717, 1.165) is 17.5 Å². The van der Waals surface area contributed by atoms with Crippen LogP contribution in [0.5, 0.6) is 12.0 Å². The van der Waals surface area contributed by atoms with E-state index >= 15 is 0 Å². The first-order chi connectivity index (χ1) is 15.5. The second kappa shape index (κ2) is 9.59.